The molecule has 0 heterocycles. The predicted molar refractivity (Wildman–Crippen MR) is 61.5 cm³/mol. The highest BCUT2D eigenvalue weighted by atomic mass is 14.9. The number of nitrogens with one attached hydrogen (secondary N) is 1. The van der Waals surface area contributed by atoms with Gasteiger partial charge in [0, 0.05) is 6.04 Å². The van der Waals surface area contributed by atoms with Crippen LogP contribution in [-0.2, 0) is 0 Å². The van der Waals surface area contributed by atoms with Gasteiger partial charge in [0.1, 0.15) is 0 Å². The Morgan fingerprint density at radius 1 is 0.714 bits per heavy atom. The van der Waals surface area contributed by atoms with E-state index >= 15 is 0 Å². The lowest BCUT2D eigenvalue weighted by atomic mass is 10.1. The molecule has 2 aliphatic rings. The first-order valence-corrected chi connectivity index (χ1v) is 6.68. The Morgan fingerprint density at radius 2 is 1.29 bits per heavy atom. The molecule has 0 aromatic rings. The van der Waals surface area contributed by atoms with Crippen molar-refractivity contribution >= 4 is 0 Å². The van der Waals surface area contributed by atoms with Crippen molar-refractivity contribution in [2.24, 2.45) is 5.92 Å². The van der Waals surface area contributed by atoms with Crippen molar-refractivity contribution in [3.63, 3.8) is 0 Å². The van der Waals surface area contributed by atoms with Gasteiger partial charge in [-0.2, -0.15) is 0 Å². The van der Waals surface area contributed by atoms with Crippen molar-refractivity contribution in [2.75, 3.05) is 6.54 Å². The van der Waals surface area contributed by atoms with Crippen molar-refractivity contribution in [2.45, 2.75) is 70.3 Å². The van der Waals surface area contributed by atoms with Gasteiger partial charge in [-0.25, -0.2) is 0 Å². The zero-order valence-electron chi connectivity index (χ0n) is 9.43. The molecule has 1 N–H and O–H groups in total. The van der Waals surface area contributed by atoms with Gasteiger partial charge in [-0.3, -0.25) is 0 Å². The van der Waals surface area contributed by atoms with Crippen LogP contribution in [0, 0.1) is 5.92 Å². The summed E-state index contributed by atoms with van der Waals surface area (Å²) in [5.41, 5.74) is 0. The highest BCUT2D eigenvalue weighted by molar-refractivity contribution is 4.75. The topological polar surface area (TPSA) is 12.0 Å². The Bertz CT molecular complexity index is 141. The van der Waals surface area contributed by atoms with Gasteiger partial charge in [-0.1, -0.05) is 38.5 Å². The Balaban J connectivity index is 1.62. The lowest BCUT2D eigenvalue weighted by Gasteiger charge is -2.18. The standard InChI is InChI=1S/C13H25N/c1-2-4-10-13(9-3-1)14-11-12-7-5-6-8-12/h12-14H,1-11H2. The fourth-order valence-corrected chi connectivity index (χ4v) is 3.03. The van der Waals surface area contributed by atoms with Crippen molar-refractivity contribution in [1.29, 1.82) is 0 Å². The summed E-state index contributed by atoms with van der Waals surface area (Å²) in [5, 5.41) is 3.80. The zero-order valence-corrected chi connectivity index (χ0v) is 9.43. The quantitative estimate of drug-likeness (QED) is 0.680. The van der Waals surface area contributed by atoms with Gasteiger partial charge in [0.15, 0.2) is 0 Å². The molecule has 1 nitrogen and oxygen atoms in total. The van der Waals surface area contributed by atoms with Crippen LogP contribution in [0.1, 0.15) is 64.2 Å². The summed E-state index contributed by atoms with van der Waals surface area (Å²) >= 11 is 0. The second kappa shape index (κ2) is 5.75. The fourth-order valence-electron chi connectivity index (χ4n) is 3.03. The largest absolute Gasteiger partial charge is 0.314 e. The molecule has 0 radical (unpaired) electrons. The van der Waals surface area contributed by atoms with E-state index in [0.29, 0.717) is 0 Å². The van der Waals surface area contributed by atoms with E-state index in [1.807, 2.05) is 0 Å². The normalized spacial score (nSPS) is 26.6. The van der Waals surface area contributed by atoms with Crippen LogP contribution in [0.2, 0.25) is 0 Å². The molecule has 0 spiro atoms. The van der Waals surface area contributed by atoms with Crippen molar-refractivity contribution in [3.8, 4) is 0 Å². The van der Waals surface area contributed by atoms with Crippen molar-refractivity contribution in [1.82, 2.24) is 5.32 Å². The number of rotatable bonds is 3. The molecular weight excluding hydrogens is 170 g/mol. The summed E-state index contributed by atoms with van der Waals surface area (Å²) in [7, 11) is 0. The molecule has 14 heavy (non-hydrogen) atoms. The summed E-state index contributed by atoms with van der Waals surface area (Å²) < 4.78 is 0. The third kappa shape index (κ3) is 3.27. The smallest absolute Gasteiger partial charge is 0.00671 e. The van der Waals surface area contributed by atoms with Crippen LogP contribution in [0.25, 0.3) is 0 Å². The molecule has 0 aromatic heterocycles. The molecule has 0 aliphatic heterocycles. The molecule has 82 valence electrons. The highest BCUT2D eigenvalue weighted by Gasteiger charge is 2.17. The van der Waals surface area contributed by atoms with Crippen LogP contribution >= 0.6 is 0 Å². The SMILES string of the molecule is C1CCCC(NCC2CCCC2)CC1. The van der Waals surface area contributed by atoms with Crippen LogP contribution in [0.3, 0.4) is 0 Å². The first-order valence-electron chi connectivity index (χ1n) is 6.68. The van der Waals surface area contributed by atoms with Gasteiger partial charge >= 0.3 is 0 Å². The van der Waals surface area contributed by atoms with Gasteiger partial charge in [0.2, 0.25) is 0 Å². The van der Waals surface area contributed by atoms with Gasteiger partial charge in [0.05, 0.1) is 0 Å². The molecule has 0 bridgehead atoms. The van der Waals surface area contributed by atoms with Gasteiger partial charge in [-0.15, -0.1) is 0 Å². The molecule has 1 heteroatoms. The average molecular weight is 195 g/mol. The van der Waals surface area contributed by atoms with Crippen LogP contribution in [0.5, 0.6) is 0 Å². The molecule has 0 atom stereocenters. The second-order valence-corrected chi connectivity index (χ2v) is 5.25. The third-order valence-corrected chi connectivity index (χ3v) is 4.03. The van der Waals surface area contributed by atoms with Gasteiger partial charge in [-0.05, 0) is 38.1 Å². The van der Waals surface area contributed by atoms with E-state index in [1.165, 1.54) is 70.8 Å². The Morgan fingerprint density at radius 3 is 1.93 bits per heavy atom. The van der Waals surface area contributed by atoms with E-state index < -0.39 is 0 Å². The average Bonchev–Trinajstić information content (AvgIpc) is 2.58. The number of hydrogen-bond donors (Lipinski definition) is 1. The zero-order chi connectivity index (χ0) is 9.64. The molecule has 2 saturated carbocycles. The molecule has 2 fully saturated rings. The Kier molecular flexibility index (Phi) is 4.30. The van der Waals surface area contributed by atoms with E-state index in [9.17, 15) is 0 Å². The van der Waals surface area contributed by atoms with Crippen molar-refractivity contribution < 1.29 is 0 Å². The molecule has 2 rings (SSSR count). The molecular formula is C13H25N. The van der Waals surface area contributed by atoms with Crippen LogP contribution < -0.4 is 5.32 Å². The van der Waals surface area contributed by atoms with E-state index in [-0.39, 0.29) is 0 Å². The van der Waals surface area contributed by atoms with E-state index in [2.05, 4.69) is 5.32 Å². The van der Waals surface area contributed by atoms with Gasteiger partial charge < -0.3 is 5.32 Å². The van der Waals surface area contributed by atoms with E-state index in [4.69, 9.17) is 0 Å². The van der Waals surface area contributed by atoms with E-state index in [0.717, 1.165) is 12.0 Å². The number of hydrogen-bond acceptors (Lipinski definition) is 1. The molecule has 0 aromatic carbocycles. The fraction of sp³-hybridized carbons (Fsp3) is 1.00. The summed E-state index contributed by atoms with van der Waals surface area (Å²) in [4.78, 5) is 0. The summed E-state index contributed by atoms with van der Waals surface area (Å²) in [6.07, 6.45) is 14.7. The maximum Gasteiger partial charge on any atom is 0.00671 e. The lowest BCUT2D eigenvalue weighted by Crippen LogP contribution is -2.32. The lowest BCUT2D eigenvalue weighted by molar-refractivity contribution is 0.403. The molecule has 0 saturated heterocycles. The maximum atomic E-state index is 3.80. The van der Waals surface area contributed by atoms with Crippen LogP contribution in [-0.4, -0.2) is 12.6 Å². The molecule has 0 amide bonds. The maximum absolute atomic E-state index is 3.80. The first kappa shape index (κ1) is 10.5. The Hall–Kier alpha value is -0.0400. The highest BCUT2D eigenvalue weighted by Crippen LogP contribution is 2.24. The third-order valence-electron chi connectivity index (χ3n) is 4.03. The monoisotopic (exact) mass is 195 g/mol. The minimum atomic E-state index is 0.859. The second-order valence-electron chi connectivity index (χ2n) is 5.25. The van der Waals surface area contributed by atoms with E-state index in [1.54, 1.807) is 0 Å². The summed E-state index contributed by atoms with van der Waals surface area (Å²) in [6.45, 7) is 1.31. The predicted octanol–water partition coefficient (Wildman–Crippen LogP) is 3.49. The van der Waals surface area contributed by atoms with Crippen LogP contribution in [0.4, 0.5) is 0 Å². The molecule has 0 unspecified atom stereocenters. The molecule has 2 aliphatic carbocycles. The minimum absolute atomic E-state index is 0.859. The summed E-state index contributed by atoms with van der Waals surface area (Å²) in [6, 6.07) is 0.859. The Labute approximate surface area is 88.7 Å². The first-order chi connectivity index (χ1) is 6.95. The van der Waals surface area contributed by atoms with Gasteiger partial charge in [0.25, 0.3) is 0 Å². The van der Waals surface area contributed by atoms with Crippen LogP contribution in [0.15, 0.2) is 0 Å². The summed E-state index contributed by atoms with van der Waals surface area (Å²) in [5.74, 6) is 1.01. The van der Waals surface area contributed by atoms with Crippen molar-refractivity contribution in [3.05, 3.63) is 0 Å². The minimum Gasteiger partial charge on any atom is -0.314 e.